The molecule has 1 aromatic heterocycles. The predicted molar refractivity (Wildman–Crippen MR) is 86.5 cm³/mol. The number of hydrogen-bond donors (Lipinski definition) is 2. The highest BCUT2D eigenvalue weighted by Crippen LogP contribution is 2.12. The SMILES string of the molecule is C=C/C(=C\C(=C)C)C(=O)NCCNc1cncc(Br)c1. The van der Waals surface area contributed by atoms with Gasteiger partial charge in [0.2, 0.25) is 0 Å². The molecule has 1 aromatic rings. The van der Waals surface area contributed by atoms with E-state index in [0.29, 0.717) is 18.7 Å². The van der Waals surface area contributed by atoms with E-state index in [9.17, 15) is 4.79 Å². The minimum atomic E-state index is -0.155. The summed E-state index contributed by atoms with van der Waals surface area (Å²) < 4.78 is 0.907. The molecule has 0 aliphatic heterocycles. The van der Waals surface area contributed by atoms with Crippen LogP contribution in [0.2, 0.25) is 0 Å². The van der Waals surface area contributed by atoms with E-state index < -0.39 is 0 Å². The van der Waals surface area contributed by atoms with Gasteiger partial charge in [0.05, 0.1) is 11.9 Å². The fraction of sp³-hybridized carbons (Fsp3) is 0.200. The molecule has 1 heterocycles. The standard InChI is InChI=1S/C15H18BrN3O/c1-4-12(7-11(2)3)15(20)19-6-5-18-14-8-13(16)9-17-10-14/h4,7-10,18H,1-2,5-6H2,3H3,(H,19,20)/b12-7+. The molecule has 0 atom stereocenters. The molecule has 1 rings (SSSR count). The van der Waals surface area contributed by atoms with E-state index >= 15 is 0 Å². The van der Waals surface area contributed by atoms with Crippen LogP contribution in [0.3, 0.4) is 0 Å². The average molecular weight is 336 g/mol. The first kappa shape index (κ1) is 16.2. The quantitative estimate of drug-likeness (QED) is 0.457. The van der Waals surface area contributed by atoms with Crippen LogP contribution in [0.1, 0.15) is 6.92 Å². The summed E-state index contributed by atoms with van der Waals surface area (Å²) in [6.45, 7) is 10.3. The van der Waals surface area contributed by atoms with Crippen molar-refractivity contribution in [2.75, 3.05) is 18.4 Å². The number of aromatic nitrogens is 1. The Hall–Kier alpha value is -1.88. The summed E-state index contributed by atoms with van der Waals surface area (Å²) in [5.41, 5.74) is 2.23. The van der Waals surface area contributed by atoms with Gasteiger partial charge in [-0.05, 0) is 35.0 Å². The van der Waals surface area contributed by atoms with Crippen LogP contribution in [0.15, 0.2) is 59.4 Å². The maximum absolute atomic E-state index is 11.8. The monoisotopic (exact) mass is 335 g/mol. The topological polar surface area (TPSA) is 54.0 Å². The summed E-state index contributed by atoms with van der Waals surface area (Å²) in [6.07, 6.45) is 6.66. The van der Waals surface area contributed by atoms with Gasteiger partial charge in [-0.1, -0.05) is 24.8 Å². The summed E-state index contributed by atoms with van der Waals surface area (Å²) in [4.78, 5) is 15.9. The van der Waals surface area contributed by atoms with Crippen LogP contribution in [0.5, 0.6) is 0 Å². The van der Waals surface area contributed by atoms with Crippen molar-refractivity contribution in [3.8, 4) is 0 Å². The molecule has 0 saturated heterocycles. The van der Waals surface area contributed by atoms with Crippen LogP contribution in [-0.4, -0.2) is 24.0 Å². The third-order valence-electron chi connectivity index (χ3n) is 2.33. The third kappa shape index (κ3) is 5.84. The molecule has 5 heteroatoms. The molecule has 0 radical (unpaired) electrons. The van der Waals surface area contributed by atoms with E-state index in [4.69, 9.17) is 0 Å². The molecular weight excluding hydrogens is 318 g/mol. The first-order valence-electron chi connectivity index (χ1n) is 6.15. The molecule has 0 aliphatic rings. The van der Waals surface area contributed by atoms with E-state index in [1.165, 1.54) is 6.08 Å². The van der Waals surface area contributed by atoms with Crippen molar-refractivity contribution in [2.24, 2.45) is 0 Å². The Kier molecular flexibility index (Phi) is 6.73. The Balaban J connectivity index is 2.39. The molecule has 0 spiro atoms. The number of amides is 1. The lowest BCUT2D eigenvalue weighted by atomic mass is 10.1. The van der Waals surface area contributed by atoms with Gasteiger partial charge in [0.25, 0.3) is 5.91 Å². The van der Waals surface area contributed by atoms with E-state index in [1.807, 2.05) is 13.0 Å². The number of nitrogens with one attached hydrogen (secondary N) is 2. The molecule has 1 amide bonds. The van der Waals surface area contributed by atoms with Gasteiger partial charge in [0.15, 0.2) is 0 Å². The van der Waals surface area contributed by atoms with Gasteiger partial charge in [0, 0.05) is 29.3 Å². The van der Waals surface area contributed by atoms with Crippen LogP contribution in [-0.2, 0) is 4.79 Å². The van der Waals surface area contributed by atoms with Gasteiger partial charge >= 0.3 is 0 Å². The highest BCUT2D eigenvalue weighted by molar-refractivity contribution is 9.10. The number of rotatable bonds is 7. The first-order chi connectivity index (χ1) is 9.52. The molecule has 4 nitrogen and oxygen atoms in total. The maximum Gasteiger partial charge on any atom is 0.251 e. The minimum Gasteiger partial charge on any atom is -0.382 e. The molecule has 0 fully saturated rings. The van der Waals surface area contributed by atoms with E-state index in [2.05, 4.69) is 44.7 Å². The number of nitrogens with zero attached hydrogens (tertiary/aromatic N) is 1. The van der Waals surface area contributed by atoms with Gasteiger partial charge in [-0.2, -0.15) is 0 Å². The zero-order valence-electron chi connectivity index (χ0n) is 11.4. The number of allylic oxidation sites excluding steroid dienone is 2. The van der Waals surface area contributed by atoms with Crippen LogP contribution >= 0.6 is 15.9 Å². The second-order valence-electron chi connectivity index (χ2n) is 4.22. The molecular formula is C15H18BrN3O. The number of anilines is 1. The van der Waals surface area contributed by atoms with Crippen molar-refractivity contribution in [1.29, 1.82) is 0 Å². The average Bonchev–Trinajstić information content (AvgIpc) is 2.40. The maximum atomic E-state index is 11.8. The highest BCUT2D eigenvalue weighted by atomic mass is 79.9. The Morgan fingerprint density at radius 1 is 1.45 bits per heavy atom. The molecule has 0 bridgehead atoms. The molecule has 0 saturated carbocycles. The summed E-state index contributed by atoms with van der Waals surface area (Å²) in [7, 11) is 0. The Bertz CT molecular complexity index is 538. The number of hydrogen-bond acceptors (Lipinski definition) is 3. The highest BCUT2D eigenvalue weighted by Gasteiger charge is 2.04. The number of halogens is 1. The molecule has 0 aliphatic carbocycles. The summed E-state index contributed by atoms with van der Waals surface area (Å²) >= 11 is 3.35. The number of carbonyl (C=O) groups excluding carboxylic acids is 1. The van der Waals surface area contributed by atoms with Crippen LogP contribution in [0, 0.1) is 0 Å². The van der Waals surface area contributed by atoms with Gasteiger partial charge in [0.1, 0.15) is 0 Å². The van der Waals surface area contributed by atoms with Crippen LogP contribution in [0.4, 0.5) is 5.69 Å². The zero-order chi connectivity index (χ0) is 15.0. The lowest BCUT2D eigenvalue weighted by molar-refractivity contribution is -0.117. The summed E-state index contributed by atoms with van der Waals surface area (Å²) in [5, 5.41) is 5.98. The normalized spacial score (nSPS) is 10.8. The summed E-state index contributed by atoms with van der Waals surface area (Å²) in [6, 6.07) is 1.92. The van der Waals surface area contributed by atoms with Crippen LogP contribution < -0.4 is 10.6 Å². The Morgan fingerprint density at radius 3 is 2.80 bits per heavy atom. The van der Waals surface area contributed by atoms with E-state index in [1.54, 1.807) is 18.5 Å². The molecule has 0 aromatic carbocycles. The smallest absolute Gasteiger partial charge is 0.251 e. The van der Waals surface area contributed by atoms with E-state index in [0.717, 1.165) is 15.7 Å². The summed E-state index contributed by atoms with van der Waals surface area (Å²) in [5.74, 6) is -0.155. The third-order valence-corrected chi connectivity index (χ3v) is 2.76. The van der Waals surface area contributed by atoms with Crippen LogP contribution in [0.25, 0.3) is 0 Å². The van der Waals surface area contributed by atoms with E-state index in [-0.39, 0.29) is 5.91 Å². The molecule has 106 valence electrons. The minimum absolute atomic E-state index is 0.155. The van der Waals surface area contributed by atoms with Gasteiger partial charge in [-0.25, -0.2) is 0 Å². The van der Waals surface area contributed by atoms with Gasteiger partial charge < -0.3 is 10.6 Å². The van der Waals surface area contributed by atoms with Crippen molar-refractivity contribution in [2.45, 2.75) is 6.92 Å². The number of pyridine rings is 1. The molecule has 2 N–H and O–H groups in total. The number of carbonyl (C=O) groups is 1. The van der Waals surface area contributed by atoms with Crippen molar-refractivity contribution >= 4 is 27.5 Å². The van der Waals surface area contributed by atoms with Crippen molar-refractivity contribution in [3.63, 3.8) is 0 Å². The predicted octanol–water partition coefficient (Wildman–Crippen LogP) is 3.06. The molecule has 0 unspecified atom stereocenters. The molecule has 20 heavy (non-hydrogen) atoms. The largest absolute Gasteiger partial charge is 0.382 e. The fourth-order valence-corrected chi connectivity index (χ4v) is 1.84. The van der Waals surface area contributed by atoms with Gasteiger partial charge in [-0.15, -0.1) is 0 Å². The zero-order valence-corrected chi connectivity index (χ0v) is 13.0. The first-order valence-corrected chi connectivity index (χ1v) is 6.94. The second kappa shape index (κ2) is 8.32. The lowest BCUT2D eigenvalue weighted by Gasteiger charge is -2.08. The van der Waals surface area contributed by atoms with Crippen molar-refractivity contribution in [1.82, 2.24) is 10.3 Å². The fourth-order valence-electron chi connectivity index (χ4n) is 1.48. The Labute approximate surface area is 127 Å². The second-order valence-corrected chi connectivity index (χ2v) is 5.14. The Morgan fingerprint density at radius 2 is 2.20 bits per heavy atom. The van der Waals surface area contributed by atoms with Crippen molar-refractivity contribution in [3.05, 3.63) is 59.4 Å². The van der Waals surface area contributed by atoms with Gasteiger partial charge in [-0.3, -0.25) is 9.78 Å². The lowest BCUT2D eigenvalue weighted by Crippen LogP contribution is -2.29. The van der Waals surface area contributed by atoms with Crippen molar-refractivity contribution < 1.29 is 4.79 Å².